The number of benzene rings is 1. The van der Waals surface area contributed by atoms with E-state index in [1.54, 1.807) is 0 Å². The third kappa shape index (κ3) is 3.50. The molecule has 7 nitrogen and oxygen atoms in total. The molecule has 0 bridgehead atoms. The van der Waals surface area contributed by atoms with Gasteiger partial charge in [0.15, 0.2) is 5.82 Å². The number of rotatable bonds is 4. The highest BCUT2D eigenvalue weighted by Crippen LogP contribution is 2.21. The van der Waals surface area contributed by atoms with E-state index in [-0.39, 0.29) is 5.91 Å². The van der Waals surface area contributed by atoms with Crippen LogP contribution in [0.15, 0.2) is 24.3 Å². The number of nitrogens with zero attached hydrogens (tertiary/aromatic N) is 4. The quantitative estimate of drug-likeness (QED) is 0.861. The van der Waals surface area contributed by atoms with E-state index in [4.69, 9.17) is 0 Å². The number of likely N-dealkylation sites (tertiary alicyclic amines) is 1. The SMILES string of the molecule is CCc1nc(-c2ccc(C(=O)N3CCC(N4CCNCC4)C3)cc2)n[nH]1. The molecule has 2 saturated heterocycles. The molecule has 1 atom stereocenters. The Kier molecular flexibility index (Phi) is 4.99. The molecule has 138 valence electrons. The van der Waals surface area contributed by atoms with Crippen LogP contribution in [-0.2, 0) is 6.42 Å². The van der Waals surface area contributed by atoms with Crippen LogP contribution in [0.1, 0.15) is 29.5 Å². The number of aromatic nitrogens is 3. The molecule has 2 aliphatic heterocycles. The lowest BCUT2D eigenvalue weighted by molar-refractivity contribution is 0.0773. The van der Waals surface area contributed by atoms with E-state index in [0.717, 1.165) is 69.1 Å². The highest BCUT2D eigenvalue weighted by molar-refractivity contribution is 5.94. The molecule has 0 radical (unpaired) electrons. The number of carbonyl (C=O) groups excluding carboxylic acids is 1. The van der Waals surface area contributed by atoms with Gasteiger partial charge in [0, 0.05) is 62.9 Å². The van der Waals surface area contributed by atoms with Crippen LogP contribution in [0.4, 0.5) is 0 Å². The first-order valence-corrected chi connectivity index (χ1v) is 9.50. The summed E-state index contributed by atoms with van der Waals surface area (Å²) in [7, 11) is 0. The maximum Gasteiger partial charge on any atom is 0.253 e. The van der Waals surface area contributed by atoms with Gasteiger partial charge in [0.05, 0.1) is 0 Å². The molecule has 0 aliphatic carbocycles. The zero-order valence-electron chi connectivity index (χ0n) is 15.2. The van der Waals surface area contributed by atoms with Crippen LogP contribution < -0.4 is 5.32 Å². The van der Waals surface area contributed by atoms with Crippen LogP contribution in [0, 0.1) is 0 Å². The van der Waals surface area contributed by atoms with Gasteiger partial charge in [-0.25, -0.2) is 4.98 Å². The zero-order valence-corrected chi connectivity index (χ0v) is 15.2. The summed E-state index contributed by atoms with van der Waals surface area (Å²) in [6.07, 6.45) is 1.90. The number of carbonyl (C=O) groups is 1. The Bertz CT molecular complexity index is 750. The van der Waals surface area contributed by atoms with Gasteiger partial charge in [0.1, 0.15) is 5.82 Å². The van der Waals surface area contributed by atoms with Gasteiger partial charge >= 0.3 is 0 Å². The Labute approximate surface area is 153 Å². The molecular weight excluding hydrogens is 328 g/mol. The van der Waals surface area contributed by atoms with Gasteiger partial charge in [-0.3, -0.25) is 14.8 Å². The first-order valence-electron chi connectivity index (χ1n) is 9.50. The fourth-order valence-electron chi connectivity index (χ4n) is 3.80. The van der Waals surface area contributed by atoms with Crippen molar-refractivity contribution in [2.75, 3.05) is 39.3 Å². The van der Waals surface area contributed by atoms with Crippen LogP contribution >= 0.6 is 0 Å². The average Bonchev–Trinajstić information content (AvgIpc) is 3.38. The van der Waals surface area contributed by atoms with Crippen molar-refractivity contribution in [3.8, 4) is 11.4 Å². The van der Waals surface area contributed by atoms with Crippen LogP contribution in [0.5, 0.6) is 0 Å². The number of nitrogens with one attached hydrogen (secondary N) is 2. The van der Waals surface area contributed by atoms with Crippen LogP contribution in [0.3, 0.4) is 0 Å². The summed E-state index contributed by atoms with van der Waals surface area (Å²) >= 11 is 0. The number of amides is 1. The minimum Gasteiger partial charge on any atom is -0.337 e. The molecule has 1 unspecified atom stereocenters. The third-order valence-corrected chi connectivity index (χ3v) is 5.38. The van der Waals surface area contributed by atoms with Crippen molar-refractivity contribution < 1.29 is 4.79 Å². The molecule has 4 rings (SSSR count). The van der Waals surface area contributed by atoms with Crippen LogP contribution in [0.25, 0.3) is 11.4 Å². The van der Waals surface area contributed by atoms with Crippen molar-refractivity contribution in [1.29, 1.82) is 0 Å². The predicted molar refractivity (Wildman–Crippen MR) is 99.9 cm³/mol. The van der Waals surface area contributed by atoms with E-state index in [2.05, 4.69) is 25.4 Å². The summed E-state index contributed by atoms with van der Waals surface area (Å²) < 4.78 is 0. The number of hydrogen-bond acceptors (Lipinski definition) is 5. The second kappa shape index (κ2) is 7.55. The van der Waals surface area contributed by atoms with Crippen LogP contribution in [0.2, 0.25) is 0 Å². The Morgan fingerprint density at radius 1 is 1.19 bits per heavy atom. The molecule has 1 aromatic heterocycles. The Balaban J connectivity index is 1.40. The van der Waals surface area contributed by atoms with E-state index < -0.39 is 0 Å². The lowest BCUT2D eigenvalue weighted by Gasteiger charge is -2.32. The van der Waals surface area contributed by atoms with Gasteiger partial charge in [-0.15, -0.1) is 0 Å². The highest BCUT2D eigenvalue weighted by Gasteiger charge is 2.31. The smallest absolute Gasteiger partial charge is 0.253 e. The minimum atomic E-state index is 0.124. The number of aromatic amines is 1. The van der Waals surface area contributed by atoms with Gasteiger partial charge in [0.25, 0.3) is 5.91 Å². The summed E-state index contributed by atoms with van der Waals surface area (Å²) in [4.78, 5) is 21.8. The summed E-state index contributed by atoms with van der Waals surface area (Å²) in [5.74, 6) is 1.68. The molecule has 0 spiro atoms. The molecule has 1 aromatic carbocycles. The van der Waals surface area contributed by atoms with E-state index >= 15 is 0 Å². The second-order valence-electron chi connectivity index (χ2n) is 7.02. The monoisotopic (exact) mass is 354 g/mol. The number of aryl methyl sites for hydroxylation is 1. The van der Waals surface area contributed by atoms with Crippen molar-refractivity contribution in [3.63, 3.8) is 0 Å². The third-order valence-electron chi connectivity index (χ3n) is 5.38. The summed E-state index contributed by atoms with van der Waals surface area (Å²) in [6, 6.07) is 8.13. The molecule has 3 heterocycles. The van der Waals surface area contributed by atoms with Gasteiger partial charge in [-0.1, -0.05) is 19.1 Å². The largest absolute Gasteiger partial charge is 0.337 e. The first-order chi connectivity index (χ1) is 12.7. The number of hydrogen-bond donors (Lipinski definition) is 2. The van der Waals surface area contributed by atoms with E-state index in [9.17, 15) is 4.79 Å². The summed E-state index contributed by atoms with van der Waals surface area (Å²) in [5, 5.41) is 10.5. The van der Waals surface area contributed by atoms with Crippen molar-refractivity contribution in [1.82, 2.24) is 30.3 Å². The molecule has 2 N–H and O–H groups in total. The first kappa shape index (κ1) is 17.2. The molecule has 7 heteroatoms. The highest BCUT2D eigenvalue weighted by atomic mass is 16.2. The predicted octanol–water partition coefficient (Wildman–Crippen LogP) is 1.15. The molecule has 26 heavy (non-hydrogen) atoms. The summed E-state index contributed by atoms with van der Waals surface area (Å²) in [6.45, 7) is 7.97. The van der Waals surface area contributed by atoms with Crippen molar-refractivity contribution in [3.05, 3.63) is 35.7 Å². The van der Waals surface area contributed by atoms with E-state index in [1.165, 1.54) is 0 Å². The van der Waals surface area contributed by atoms with Gasteiger partial charge < -0.3 is 10.2 Å². The van der Waals surface area contributed by atoms with E-state index in [1.807, 2.05) is 36.1 Å². The standard InChI is InChI=1S/C19H26N6O/c1-2-17-21-18(23-22-17)14-3-5-15(6-4-14)19(26)25-10-7-16(13-25)24-11-8-20-9-12-24/h3-6,16,20H,2,7-13H2,1H3,(H,21,22,23). The maximum absolute atomic E-state index is 12.8. The van der Waals surface area contributed by atoms with E-state index in [0.29, 0.717) is 11.9 Å². The normalized spacial score (nSPS) is 21.3. The fraction of sp³-hybridized carbons (Fsp3) is 0.526. The van der Waals surface area contributed by atoms with Crippen LogP contribution in [-0.4, -0.2) is 76.2 Å². The minimum absolute atomic E-state index is 0.124. The Morgan fingerprint density at radius 3 is 2.65 bits per heavy atom. The van der Waals surface area contributed by atoms with Crippen molar-refractivity contribution >= 4 is 5.91 Å². The summed E-state index contributed by atoms with van der Waals surface area (Å²) in [5.41, 5.74) is 1.67. The molecule has 2 fully saturated rings. The Hall–Kier alpha value is -2.25. The zero-order chi connectivity index (χ0) is 17.9. The van der Waals surface area contributed by atoms with Crippen molar-refractivity contribution in [2.24, 2.45) is 0 Å². The van der Waals surface area contributed by atoms with Crippen molar-refractivity contribution in [2.45, 2.75) is 25.8 Å². The van der Waals surface area contributed by atoms with Gasteiger partial charge in [0.2, 0.25) is 0 Å². The number of piperazine rings is 1. The Morgan fingerprint density at radius 2 is 1.96 bits per heavy atom. The van der Waals surface area contributed by atoms with Gasteiger partial charge in [-0.2, -0.15) is 5.10 Å². The lowest BCUT2D eigenvalue weighted by atomic mass is 10.1. The topological polar surface area (TPSA) is 77.2 Å². The molecule has 2 aliphatic rings. The second-order valence-corrected chi connectivity index (χ2v) is 7.02. The average molecular weight is 354 g/mol. The molecular formula is C19H26N6O. The molecule has 2 aromatic rings. The fourth-order valence-corrected chi connectivity index (χ4v) is 3.80. The maximum atomic E-state index is 12.8. The lowest BCUT2D eigenvalue weighted by Crippen LogP contribution is -2.49. The van der Waals surface area contributed by atoms with Gasteiger partial charge in [-0.05, 0) is 18.6 Å². The number of H-pyrrole nitrogens is 1. The molecule has 1 amide bonds. The molecule has 0 saturated carbocycles.